The number of aromatic nitrogens is 2. The van der Waals surface area contributed by atoms with Crippen molar-refractivity contribution >= 4 is 11.8 Å². The molecule has 0 saturated carbocycles. The zero-order valence-corrected chi connectivity index (χ0v) is 22.9. The Morgan fingerprint density at radius 1 is 1.03 bits per heavy atom. The van der Waals surface area contributed by atoms with Gasteiger partial charge in [-0.2, -0.15) is 5.10 Å². The molecule has 0 spiro atoms. The van der Waals surface area contributed by atoms with Gasteiger partial charge in [0.25, 0.3) is 5.91 Å². The molecule has 2 atom stereocenters. The van der Waals surface area contributed by atoms with Gasteiger partial charge in [0.2, 0.25) is 5.91 Å². The van der Waals surface area contributed by atoms with Crippen LogP contribution in [0.25, 0.3) is 0 Å². The van der Waals surface area contributed by atoms with E-state index in [1.807, 2.05) is 23.6 Å². The van der Waals surface area contributed by atoms with E-state index in [0.29, 0.717) is 31.9 Å². The van der Waals surface area contributed by atoms with E-state index in [0.717, 1.165) is 49.1 Å². The second-order valence-corrected chi connectivity index (χ2v) is 11.2. The van der Waals surface area contributed by atoms with E-state index < -0.39 is 0 Å². The molecule has 0 N–H and O–H groups in total. The number of fused-ring (bicyclic) bond motifs is 1. The van der Waals surface area contributed by atoms with Gasteiger partial charge in [-0.15, -0.1) is 0 Å². The van der Waals surface area contributed by atoms with Crippen molar-refractivity contribution in [2.75, 3.05) is 26.2 Å². The molecule has 2 aliphatic heterocycles. The standard InChI is InChI=1S/C29H40N4O4/c1-18-13-19(2)22(5)26(14-18)37-23-9-11-31(12-10-23)27(34)17-33-25-8-6-7-24(25)28(30-33)29(35)32-15-20(3)36-21(4)16-32/h13-14,20-21,23H,6-12,15-17H2,1-5H3/t20-,21+. The molecule has 37 heavy (non-hydrogen) atoms. The fourth-order valence-electron chi connectivity index (χ4n) is 6.06. The first-order valence-electron chi connectivity index (χ1n) is 13.7. The number of amides is 2. The molecule has 3 aliphatic rings. The van der Waals surface area contributed by atoms with Crippen LogP contribution in [-0.4, -0.2) is 75.9 Å². The van der Waals surface area contributed by atoms with Crippen LogP contribution in [0.1, 0.15) is 71.5 Å². The van der Waals surface area contributed by atoms with Crippen molar-refractivity contribution in [2.24, 2.45) is 0 Å². The first kappa shape index (κ1) is 25.8. The fraction of sp³-hybridized carbons (Fsp3) is 0.621. The van der Waals surface area contributed by atoms with Crippen molar-refractivity contribution in [3.8, 4) is 5.75 Å². The minimum Gasteiger partial charge on any atom is -0.490 e. The topological polar surface area (TPSA) is 76.9 Å². The number of aryl methyl sites for hydroxylation is 2. The molecular weight excluding hydrogens is 468 g/mol. The van der Waals surface area contributed by atoms with Crippen molar-refractivity contribution < 1.29 is 19.1 Å². The number of carbonyl (C=O) groups excluding carboxylic acids is 2. The number of rotatable bonds is 5. The summed E-state index contributed by atoms with van der Waals surface area (Å²) in [6.07, 6.45) is 4.47. The Morgan fingerprint density at radius 3 is 2.43 bits per heavy atom. The minimum atomic E-state index is -0.0361. The highest BCUT2D eigenvalue weighted by molar-refractivity contribution is 5.94. The second kappa shape index (κ2) is 10.5. The van der Waals surface area contributed by atoms with Gasteiger partial charge >= 0.3 is 0 Å². The Kier molecular flexibility index (Phi) is 7.30. The van der Waals surface area contributed by atoms with Crippen LogP contribution in [-0.2, 0) is 28.9 Å². The number of carbonyl (C=O) groups is 2. The maximum Gasteiger partial charge on any atom is 0.274 e. The molecule has 2 fully saturated rings. The van der Waals surface area contributed by atoms with Crippen molar-refractivity contribution in [3.05, 3.63) is 45.8 Å². The quantitative estimate of drug-likeness (QED) is 0.617. The first-order valence-corrected chi connectivity index (χ1v) is 13.7. The molecule has 8 nitrogen and oxygen atoms in total. The summed E-state index contributed by atoms with van der Waals surface area (Å²) in [5.41, 5.74) is 6.23. The number of nitrogens with zero attached hydrogens (tertiary/aromatic N) is 4. The van der Waals surface area contributed by atoms with E-state index in [1.165, 1.54) is 16.7 Å². The van der Waals surface area contributed by atoms with Gasteiger partial charge < -0.3 is 19.3 Å². The molecule has 2 amide bonds. The minimum absolute atomic E-state index is 0.00942. The molecule has 5 rings (SSSR count). The van der Waals surface area contributed by atoms with Gasteiger partial charge in [-0.05, 0) is 76.6 Å². The third-order valence-corrected chi connectivity index (χ3v) is 8.05. The molecule has 200 valence electrons. The smallest absolute Gasteiger partial charge is 0.274 e. The van der Waals surface area contributed by atoms with Gasteiger partial charge in [0.1, 0.15) is 18.4 Å². The van der Waals surface area contributed by atoms with Crippen LogP contribution >= 0.6 is 0 Å². The van der Waals surface area contributed by atoms with Gasteiger partial charge in [0.05, 0.1) is 12.2 Å². The van der Waals surface area contributed by atoms with E-state index in [-0.39, 0.29) is 36.7 Å². The number of morpholine rings is 1. The predicted octanol–water partition coefficient (Wildman–Crippen LogP) is 3.62. The van der Waals surface area contributed by atoms with Crippen molar-refractivity contribution in [1.82, 2.24) is 19.6 Å². The predicted molar refractivity (Wildman–Crippen MR) is 141 cm³/mol. The van der Waals surface area contributed by atoms with E-state index in [9.17, 15) is 9.59 Å². The Morgan fingerprint density at radius 2 is 1.73 bits per heavy atom. The summed E-state index contributed by atoms with van der Waals surface area (Å²) in [5, 5.41) is 4.70. The fourth-order valence-corrected chi connectivity index (χ4v) is 6.06. The van der Waals surface area contributed by atoms with Gasteiger partial charge in [-0.1, -0.05) is 6.07 Å². The Labute approximate surface area is 219 Å². The van der Waals surface area contributed by atoms with Crippen LogP contribution in [0.4, 0.5) is 0 Å². The summed E-state index contributed by atoms with van der Waals surface area (Å²) in [4.78, 5) is 30.4. The van der Waals surface area contributed by atoms with E-state index in [2.05, 4.69) is 32.9 Å². The lowest BCUT2D eigenvalue weighted by Gasteiger charge is -2.35. The normalized spacial score (nSPS) is 22.3. The SMILES string of the molecule is Cc1cc(C)c(C)c(OC2CCN(C(=O)Cn3nc(C(=O)N4C[C@@H](C)O[C@@H](C)C4)c4c3CCC4)CC2)c1. The molecule has 8 heteroatoms. The van der Waals surface area contributed by atoms with Crippen LogP contribution < -0.4 is 4.74 Å². The molecular formula is C29H40N4O4. The Hall–Kier alpha value is -2.87. The summed E-state index contributed by atoms with van der Waals surface area (Å²) < 4.78 is 13.9. The summed E-state index contributed by atoms with van der Waals surface area (Å²) >= 11 is 0. The summed E-state index contributed by atoms with van der Waals surface area (Å²) in [6.45, 7) is 13.0. The number of hydrogen-bond acceptors (Lipinski definition) is 5. The molecule has 1 aromatic heterocycles. The number of hydrogen-bond donors (Lipinski definition) is 0. The van der Waals surface area contributed by atoms with Crippen molar-refractivity contribution in [1.29, 1.82) is 0 Å². The van der Waals surface area contributed by atoms with E-state index in [4.69, 9.17) is 14.6 Å². The summed E-state index contributed by atoms with van der Waals surface area (Å²) in [5.74, 6) is 0.979. The van der Waals surface area contributed by atoms with Crippen LogP contribution in [0, 0.1) is 20.8 Å². The summed E-state index contributed by atoms with van der Waals surface area (Å²) in [7, 11) is 0. The lowest BCUT2D eigenvalue weighted by atomic mass is 10.0. The molecule has 0 unspecified atom stereocenters. The average Bonchev–Trinajstić information content (AvgIpc) is 3.45. The zero-order valence-electron chi connectivity index (χ0n) is 22.9. The number of ether oxygens (including phenoxy) is 2. The molecule has 1 aromatic carbocycles. The lowest BCUT2D eigenvalue weighted by molar-refractivity contribution is -0.133. The molecule has 0 radical (unpaired) electrons. The van der Waals surface area contributed by atoms with Crippen molar-refractivity contribution in [2.45, 2.75) is 91.6 Å². The van der Waals surface area contributed by atoms with Crippen LogP contribution in [0.3, 0.4) is 0 Å². The maximum atomic E-state index is 13.4. The van der Waals surface area contributed by atoms with Crippen molar-refractivity contribution in [3.63, 3.8) is 0 Å². The highest BCUT2D eigenvalue weighted by Gasteiger charge is 2.33. The first-order chi connectivity index (χ1) is 17.7. The third-order valence-electron chi connectivity index (χ3n) is 8.05. The molecule has 2 aromatic rings. The van der Waals surface area contributed by atoms with Gasteiger partial charge in [0, 0.05) is 50.3 Å². The monoisotopic (exact) mass is 508 g/mol. The largest absolute Gasteiger partial charge is 0.490 e. The Bertz CT molecular complexity index is 1170. The lowest BCUT2D eigenvalue weighted by Crippen LogP contribution is -2.48. The van der Waals surface area contributed by atoms with Gasteiger partial charge in [-0.25, -0.2) is 0 Å². The van der Waals surface area contributed by atoms with Crippen LogP contribution in [0.2, 0.25) is 0 Å². The average molecular weight is 509 g/mol. The molecule has 1 aliphatic carbocycles. The summed E-state index contributed by atoms with van der Waals surface area (Å²) in [6, 6.07) is 4.28. The zero-order chi connectivity index (χ0) is 26.3. The van der Waals surface area contributed by atoms with E-state index >= 15 is 0 Å². The van der Waals surface area contributed by atoms with Gasteiger partial charge in [-0.3, -0.25) is 14.3 Å². The van der Waals surface area contributed by atoms with Crippen LogP contribution in [0.15, 0.2) is 12.1 Å². The molecule has 2 saturated heterocycles. The molecule has 3 heterocycles. The number of likely N-dealkylation sites (tertiary alicyclic amines) is 1. The van der Waals surface area contributed by atoms with Crippen LogP contribution in [0.5, 0.6) is 5.75 Å². The highest BCUT2D eigenvalue weighted by Crippen LogP contribution is 2.29. The second-order valence-electron chi connectivity index (χ2n) is 11.2. The number of benzene rings is 1. The number of piperidine rings is 1. The maximum absolute atomic E-state index is 13.4. The third kappa shape index (κ3) is 5.40. The highest BCUT2D eigenvalue weighted by atomic mass is 16.5. The van der Waals surface area contributed by atoms with Gasteiger partial charge in [0.15, 0.2) is 5.69 Å². The Balaban J connectivity index is 1.22. The molecule has 0 bridgehead atoms. The van der Waals surface area contributed by atoms with E-state index in [1.54, 1.807) is 4.68 Å².